The minimum Gasteiger partial charge on any atom is -0.444 e. The summed E-state index contributed by atoms with van der Waals surface area (Å²) >= 11 is 1.98. The Morgan fingerprint density at radius 3 is 2.91 bits per heavy atom. The SMILES string of the molecule is C[C@H](NC(=O)OC(C)(C)C)c1nc([C@H]2CCCSCC2)no1. The van der Waals surface area contributed by atoms with Crippen molar-refractivity contribution < 1.29 is 14.1 Å². The van der Waals surface area contributed by atoms with Crippen molar-refractivity contribution in [3.8, 4) is 0 Å². The first-order valence-electron chi connectivity index (χ1n) is 7.76. The Morgan fingerprint density at radius 1 is 1.41 bits per heavy atom. The lowest BCUT2D eigenvalue weighted by atomic mass is 10.0. The smallest absolute Gasteiger partial charge is 0.408 e. The van der Waals surface area contributed by atoms with Gasteiger partial charge in [0.15, 0.2) is 5.82 Å². The molecule has 2 heterocycles. The highest BCUT2D eigenvalue weighted by Gasteiger charge is 2.24. The summed E-state index contributed by atoms with van der Waals surface area (Å²) in [5.41, 5.74) is -0.526. The average Bonchev–Trinajstić information content (AvgIpc) is 2.73. The summed E-state index contributed by atoms with van der Waals surface area (Å²) in [5, 5.41) is 6.82. The van der Waals surface area contributed by atoms with Gasteiger partial charge in [-0.15, -0.1) is 0 Å². The van der Waals surface area contributed by atoms with E-state index in [1.165, 1.54) is 12.2 Å². The van der Waals surface area contributed by atoms with Gasteiger partial charge in [-0.3, -0.25) is 0 Å². The average molecular weight is 327 g/mol. The summed E-state index contributed by atoms with van der Waals surface area (Å²) in [6.07, 6.45) is 2.88. The molecule has 1 fully saturated rings. The maximum absolute atomic E-state index is 11.8. The van der Waals surface area contributed by atoms with E-state index in [1.54, 1.807) is 0 Å². The lowest BCUT2D eigenvalue weighted by Gasteiger charge is -2.20. The number of thioether (sulfide) groups is 1. The van der Waals surface area contributed by atoms with Crippen LogP contribution in [0, 0.1) is 0 Å². The molecular formula is C15H25N3O3S. The molecule has 7 heteroatoms. The number of aromatic nitrogens is 2. The van der Waals surface area contributed by atoms with Crippen LogP contribution >= 0.6 is 11.8 Å². The van der Waals surface area contributed by atoms with E-state index < -0.39 is 11.7 Å². The zero-order chi connectivity index (χ0) is 16.2. The largest absolute Gasteiger partial charge is 0.444 e. The fourth-order valence-corrected chi connectivity index (χ4v) is 3.32. The molecule has 1 aliphatic heterocycles. The second-order valence-electron chi connectivity index (χ2n) is 6.60. The molecule has 0 unspecified atom stereocenters. The van der Waals surface area contributed by atoms with E-state index >= 15 is 0 Å². The monoisotopic (exact) mass is 327 g/mol. The molecule has 22 heavy (non-hydrogen) atoms. The number of amides is 1. The summed E-state index contributed by atoms with van der Waals surface area (Å²) in [6, 6.07) is -0.365. The number of ether oxygens (including phenoxy) is 1. The summed E-state index contributed by atoms with van der Waals surface area (Å²) < 4.78 is 10.5. The zero-order valence-corrected chi connectivity index (χ0v) is 14.5. The van der Waals surface area contributed by atoms with Gasteiger partial charge < -0.3 is 14.6 Å². The van der Waals surface area contributed by atoms with Gasteiger partial charge in [-0.2, -0.15) is 16.7 Å². The Bertz CT molecular complexity index is 490. The fraction of sp³-hybridized carbons (Fsp3) is 0.800. The number of nitrogens with zero attached hydrogens (tertiary/aromatic N) is 2. The van der Waals surface area contributed by atoms with Gasteiger partial charge in [0.2, 0.25) is 5.89 Å². The summed E-state index contributed by atoms with van der Waals surface area (Å²) in [6.45, 7) is 7.29. The van der Waals surface area contributed by atoms with E-state index in [-0.39, 0.29) is 6.04 Å². The van der Waals surface area contributed by atoms with E-state index in [2.05, 4.69) is 15.5 Å². The van der Waals surface area contributed by atoms with Gasteiger partial charge >= 0.3 is 6.09 Å². The van der Waals surface area contributed by atoms with Crippen molar-refractivity contribution in [3.05, 3.63) is 11.7 Å². The molecule has 1 aromatic rings. The topological polar surface area (TPSA) is 77.2 Å². The maximum Gasteiger partial charge on any atom is 0.408 e. The molecule has 1 saturated heterocycles. The van der Waals surface area contributed by atoms with Gasteiger partial charge in [0.25, 0.3) is 0 Å². The number of hydrogen-bond acceptors (Lipinski definition) is 6. The predicted molar refractivity (Wildman–Crippen MR) is 86.0 cm³/mol. The van der Waals surface area contributed by atoms with Crippen LogP contribution in [0.25, 0.3) is 0 Å². The summed E-state index contributed by atoms with van der Waals surface area (Å²) in [5.74, 6) is 3.90. The molecule has 1 amide bonds. The predicted octanol–water partition coefficient (Wildman–Crippen LogP) is 3.66. The zero-order valence-electron chi connectivity index (χ0n) is 13.7. The van der Waals surface area contributed by atoms with Gasteiger partial charge in [-0.05, 0) is 58.5 Å². The number of hydrogen-bond donors (Lipinski definition) is 1. The summed E-state index contributed by atoms with van der Waals surface area (Å²) in [4.78, 5) is 16.2. The van der Waals surface area contributed by atoms with Crippen LogP contribution in [0.1, 0.15) is 70.6 Å². The molecule has 0 aromatic carbocycles. The Balaban J connectivity index is 1.93. The Kier molecular flexibility index (Phi) is 5.72. The van der Waals surface area contributed by atoms with Crippen molar-refractivity contribution in [2.24, 2.45) is 0 Å². The molecule has 0 saturated carbocycles. The van der Waals surface area contributed by atoms with Gasteiger partial charge in [-0.25, -0.2) is 4.79 Å². The van der Waals surface area contributed by atoms with Crippen LogP contribution in [0.5, 0.6) is 0 Å². The third kappa shape index (κ3) is 5.19. The van der Waals surface area contributed by atoms with Gasteiger partial charge in [0.1, 0.15) is 11.6 Å². The minimum absolute atomic E-state index is 0.362. The third-order valence-electron chi connectivity index (χ3n) is 3.38. The van der Waals surface area contributed by atoms with E-state index in [0.29, 0.717) is 11.8 Å². The van der Waals surface area contributed by atoms with Crippen LogP contribution in [0.3, 0.4) is 0 Å². The number of nitrogens with one attached hydrogen (secondary N) is 1. The van der Waals surface area contributed by atoms with E-state index in [1.807, 2.05) is 39.5 Å². The van der Waals surface area contributed by atoms with Crippen LogP contribution in [-0.2, 0) is 4.74 Å². The van der Waals surface area contributed by atoms with Crippen LogP contribution in [0.15, 0.2) is 4.52 Å². The van der Waals surface area contributed by atoms with E-state index in [9.17, 15) is 4.79 Å². The number of alkyl carbamates (subject to hydrolysis) is 1. The molecule has 124 valence electrons. The summed E-state index contributed by atoms with van der Waals surface area (Å²) in [7, 11) is 0. The maximum atomic E-state index is 11.8. The first-order valence-corrected chi connectivity index (χ1v) is 8.91. The molecule has 0 bridgehead atoms. The molecule has 1 aliphatic rings. The molecule has 0 radical (unpaired) electrons. The highest BCUT2D eigenvalue weighted by Crippen LogP contribution is 2.29. The molecule has 1 N–H and O–H groups in total. The Morgan fingerprint density at radius 2 is 2.18 bits per heavy atom. The minimum atomic E-state index is -0.526. The van der Waals surface area contributed by atoms with Crippen molar-refractivity contribution in [2.45, 2.75) is 64.5 Å². The number of carbonyl (C=O) groups is 1. The normalized spacial score (nSPS) is 21.0. The first-order chi connectivity index (χ1) is 10.3. The highest BCUT2D eigenvalue weighted by atomic mass is 32.2. The van der Waals surface area contributed by atoms with Crippen molar-refractivity contribution in [3.63, 3.8) is 0 Å². The number of carbonyl (C=O) groups excluding carboxylic acids is 1. The van der Waals surface area contributed by atoms with Crippen molar-refractivity contribution in [1.82, 2.24) is 15.5 Å². The van der Waals surface area contributed by atoms with Gasteiger partial charge in [0, 0.05) is 5.92 Å². The molecular weight excluding hydrogens is 302 g/mol. The molecule has 1 aromatic heterocycles. The van der Waals surface area contributed by atoms with Crippen LogP contribution in [-0.4, -0.2) is 33.3 Å². The molecule has 2 rings (SSSR count). The fourth-order valence-electron chi connectivity index (χ4n) is 2.30. The van der Waals surface area contributed by atoms with Crippen molar-refractivity contribution >= 4 is 17.9 Å². The lowest BCUT2D eigenvalue weighted by Crippen LogP contribution is -2.34. The standard InChI is InChI=1S/C15H25N3O3S/c1-10(16-14(19)20-15(2,3)4)13-17-12(18-21-13)11-6-5-8-22-9-7-11/h10-11H,5-9H2,1-4H3,(H,16,19)/t10-,11-/m0/s1. The van der Waals surface area contributed by atoms with Crippen LogP contribution in [0.4, 0.5) is 4.79 Å². The van der Waals surface area contributed by atoms with Crippen LogP contribution in [0.2, 0.25) is 0 Å². The second-order valence-corrected chi connectivity index (χ2v) is 7.82. The Labute approximate surface area is 135 Å². The third-order valence-corrected chi connectivity index (χ3v) is 4.48. The first kappa shape index (κ1) is 17.1. The highest BCUT2D eigenvalue weighted by molar-refractivity contribution is 7.99. The molecule has 6 nitrogen and oxygen atoms in total. The van der Waals surface area contributed by atoms with E-state index in [0.717, 1.165) is 24.4 Å². The quantitative estimate of drug-likeness (QED) is 0.913. The number of rotatable bonds is 3. The molecule has 2 atom stereocenters. The van der Waals surface area contributed by atoms with Crippen LogP contribution < -0.4 is 5.32 Å². The molecule has 0 aliphatic carbocycles. The van der Waals surface area contributed by atoms with Gasteiger partial charge in [-0.1, -0.05) is 5.16 Å². The molecule has 0 spiro atoms. The van der Waals surface area contributed by atoms with Crippen molar-refractivity contribution in [2.75, 3.05) is 11.5 Å². The van der Waals surface area contributed by atoms with Gasteiger partial charge in [0.05, 0.1) is 0 Å². The van der Waals surface area contributed by atoms with Crippen molar-refractivity contribution in [1.29, 1.82) is 0 Å². The Hall–Kier alpha value is -1.24. The lowest BCUT2D eigenvalue weighted by molar-refractivity contribution is 0.0499. The van der Waals surface area contributed by atoms with E-state index in [4.69, 9.17) is 9.26 Å². The second kappa shape index (κ2) is 7.35.